The maximum atomic E-state index is 14.8. The van der Waals surface area contributed by atoms with Crippen molar-refractivity contribution in [2.75, 3.05) is 26.4 Å². The molecule has 0 bridgehead atoms. The molecule has 1 unspecified atom stereocenters. The Bertz CT molecular complexity index is 1690. The topological polar surface area (TPSA) is 103 Å². The summed E-state index contributed by atoms with van der Waals surface area (Å²) in [5.41, 5.74) is 1.32. The summed E-state index contributed by atoms with van der Waals surface area (Å²) in [6.07, 6.45) is 6.20. The average molecular weight is 725 g/mol. The molecule has 1 heterocycles. The molecular formula is C39H47F2N2O7P. The summed E-state index contributed by atoms with van der Waals surface area (Å²) in [5.74, 6) is -1.36. The number of carbonyl (C=O) groups excluding carboxylic acids is 2. The number of halogens is 2. The fourth-order valence-corrected chi connectivity index (χ4v) is 7.54. The van der Waals surface area contributed by atoms with Crippen LogP contribution >= 0.6 is 7.82 Å². The number of nitrogens with one attached hydrogen (secondary N) is 1. The van der Waals surface area contributed by atoms with Gasteiger partial charge in [0.1, 0.15) is 24.3 Å². The number of benzene rings is 3. The van der Waals surface area contributed by atoms with Crippen LogP contribution in [0.15, 0.2) is 84.9 Å². The zero-order chi connectivity index (χ0) is 36.4. The largest absolute Gasteiger partial charge is 0.475 e. The average Bonchev–Trinajstić information content (AvgIpc) is 3.58. The molecule has 3 aromatic carbocycles. The van der Waals surface area contributed by atoms with Gasteiger partial charge in [0.25, 0.3) is 0 Å². The summed E-state index contributed by atoms with van der Waals surface area (Å²) >= 11 is 0. The van der Waals surface area contributed by atoms with Crippen LogP contribution in [0.5, 0.6) is 0 Å². The molecule has 0 spiro atoms. The lowest BCUT2D eigenvalue weighted by Crippen LogP contribution is -2.55. The van der Waals surface area contributed by atoms with Gasteiger partial charge in [-0.3, -0.25) is 18.4 Å². The smallest absolute Gasteiger partial charge is 0.447 e. The SMILES string of the molecule is CC(C)(C)[C@H](NC(=O)OCCOP(=O)(OCc1ccccc1)OCC1CCCCC1)C(=O)N1CC(c2cc(F)ccc2F)=C[C@H]1c1ccccc1. The molecule has 5 rings (SSSR count). The molecule has 1 N–H and O–H groups in total. The summed E-state index contributed by atoms with van der Waals surface area (Å²) < 4.78 is 65.0. The first-order valence-electron chi connectivity index (χ1n) is 17.4. The monoisotopic (exact) mass is 724 g/mol. The van der Waals surface area contributed by atoms with Crippen molar-refractivity contribution in [2.24, 2.45) is 11.3 Å². The van der Waals surface area contributed by atoms with Crippen molar-refractivity contribution in [1.29, 1.82) is 0 Å². The van der Waals surface area contributed by atoms with E-state index in [4.69, 9.17) is 18.3 Å². The van der Waals surface area contributed by atoms with Gasteiger partial charge in [0.2, 0.25) is 5.91 Å². The number of ether oxygens (including phenoxy) is 1. The predicted octanol–water partition coefficient (Wildman–Crippen LogP) is 9.01. The van der Waals surface area contributed by atoms with Crippen molar-refractivity contribution >= 4 is 25.4 Å². The first kappa shape index (κ1) is 38.3. The van der Waals surface area contributed by atoms with Crippen molar-refractivity contribution in [3.8, 4) is 0 Å². The molecule has 2 amide bonds. The number of phosphoric ester groups is 1. The van der Waals surface area contributed by atoms with Gasteiger partial charge in [-0.05, 0) is 59.1 Å². The minimum atomic E-state index is -4.00. The summed E-state index contributed by atoms with van der Waals surface area (Å²) in [7, 11) is -4.00. The number of phosphoric acid groups is 1. The lowest BCUT2D eigenvalue weighted by atomic mass is 9.85. The molecule has 1 aliphatic heterocycles. The molecule has 3 aromatic rings. The van der Waals surface area contributed by atoms with Crippen LogP contribution in [0, 0.1) is 23.0 Å². The number of hydrogen-bond acceptors (Lipinski definition) is 7. The Kier molecular flexibility index (Phi) is 13.2. The molecule has 1 fully saturated rings. The van der Waals surface area contributed by atoms with Gasteiger partial charge >= 0.3 is 13.9 Å². The van der Waals surface area contributed by atoms with Crippen LogP contribution in [0.3, 0.4) is 0 Å². The molecule has 51 heavy (non-hydrogen) atoms. The first-order valence-corrected chi connectivity index (χ1v) is 18.9. The molecule has 1 aliphatic carbocycles. The molecule has 2 aliphatic rings. The van der Waals surface area contributed by atoms with E-state index in [0.29, 0.717) is 5.57 Å². The van der Waals surface area contributed by atoms with Gasteiger partial charge in [-0.25, -0.2) is 18.1 Å². The summed E-state index contributed by atoms with van der Waals surface area (Å²) in [6.45, 7) is 5.10. The van der Waals surface area contributed by atoms with E-state index in [1.165, 1.54) is 11.3 Å². The Labute approximate surface area is 298 Å². The van der Waals surface area contributed by atoms with E-state index in [1.807, 2.05) is 60.7 Å². The Balaban J connectivity index is 1.22. The molecule has 0 aromatic heterocycles. The van der Waals surface area contributed by atoms with Gasteiger partial charge in [0, 0.05) is 12.1 Å². The molecule has 0 radical (unpaired) electrons. The van der Waals surface area contributed by atoms with E-state index in [2.05, 4.69) is 5.32 Å². The summed E-state index contributed by atoms with van der Waals surface area (Å²) in [6, 6.07) is 20.0. The van der Waals surface area contributed by atoms with Crippen molar-refractivity contribution in [3.05, 3.63) is 113 Å². The second-order valence-electron chi connectivity index (χ2n) is 14.1. The van der Waals surface area contributed by atoms with Crippen LogP contribution in [-0.4, -0.2) is 49.3 Å². The predicted molar refractivity (Wildman–Crippen MR) is 190 cm³/mol. The van der Waals surface area contributed by atoms with E-state index in [-0.39, 0.29) is 44.5 Å². The molecule has 12 heteroatoms. The third-order valence-corrected chi connectivity index (χ3v) is 10.5. The first-order chi connectivity index (χ1) is 24.4. The van der Waals surface area contributed by atoms with Crippen molar-refractivity contribution in [1.82, 2.24) is 10.2 Å². The molecule has 274 valence electrons. The highest BCUT2D eigenvalue weighted by Gasteiger charge is 2.41. The van der Waals surface area contributed by atoms with Gasteiger partial charge in [0.15, 0.2) is 0 Å². The van der Waals surface area contributed by atoms with E-state index in [1.54, 1.807) is 26.8 Å². The van der Waals surface area contributed by atoms with Gasteiger partial charge in [-0.2, -0.15) is 0 Å². The minimum absolute atomic E-state index is 0.00492. The highest BCUT2D eigenvalue weighted by Crippen LogP contribution is 2.51. The standard InChI is InChI=1S/C39H47F2N2O7P/c1-39(2,3)36(37(44)43-25-31(33-24-32(40)19-20-34(33)41)23-35(43)30-17-11-6-12-18-30)42-38(45)47-21-22-48-51(46,49-26-28-13-7-4-8-14-28)50-27-29-15-9-5-10-16-29/h4,6-8,11-14,17-20,23-24,29,35-36H,5,9-10,15-16,21-22,25-27H2,1-3H3,(H,42,45)/t35-,36+,51?/m0/s1. The summed E-state index contributed by atoms with van der Waals surface area (Å²) in [4.78, 5) is 28.9. The van der Waals surface area contributed by atoms with Crippen LogP contribution in [0.2, 0.25) is 0 Å². The van der Waals surface area contributed by atoms with E-state index >= 15 is 0 Å². The molecule has 1 saturated carbocycles. The lowest BCUT2D eigenvalue weighted by molar-refractivity contribution is -0.136. The number of carbonyl (C=O) groups is 2. The fraction of sp³-hybridized carbons (Fsp3) is 0.436. The number of amides is 2. The molecule has 3 atom stereocenters. The van der Waals surface area contributed by atoms with Gasteiger partial charge in [-0.15, -0.1) is 0 Å². The quantitative estimate of drug-likeness (QED) is 0.131. The van der Waals surface area contributed by atoms with Crippen LogP contribution < -0.4 is 5.32 Å². The van der Waals surface area contributed by atoms with Crippen LogP contribution in [0.4, 0.5) is 13.6 Å². The fourth-order valence-electron chi connectivity index (χ4n) is 6.32. The Hall–Kier alpha value is -3.89. The van der Waals surface area contributed by atoms with Crippen LogP contribution in [-0.2, 0) is 34.3 Å². The normalized spacial score (nSPS) is 18.5. The maximum Gasteiger partial charge on any atom is 0.475 e. The minimum Gasteiger partial charge on any atom is -0.447 e. The Morgan fingerprint density at radius 3 is 2.27 bits per heavy atom. The number of rotatable bonds is 14. The van der Waals surface area contributed by atoms with Crippen LogP contribution in [0.25, 0.3) is 5.57 Å². The Morgan fingerprint density at radius 2 is 1.59 bits per heavy atom. The highest BCUT2D eigenvalue weighted by atomic mass is 31.2. The Morgan fingerprint density at radius 1 is 0.902 bits per heavy atom. The summed E-state index contributed by atoms with van der Waals surface area (Å²) in [5, 5.41) is 2.70. The zero-order valence-corrected chi connectivity index (χ0v) is 30.3. The van der Waals surface area contributed by atoms with Gasteiger partial charge in [0.05, 0.1) is 25.9 Å². The number of hydrogen-bond donors (Lipinski definition) is 1. The second-order valence-corrected chi connectivity index (χ2v) is 15.7. The molecule has 0 saturated heterocycles. The van der Waals surface area contributed by atoms with E-state index < -0.39 is 49.0 Å². The van der Waals surface area contributed by atoms with Crippen molar-refractivity contribution in [2.45, 2.75) is 71.6 Å². The zero-order valence-electron chi connectivity index (χ0n) is 29.4. The number of nitrogens with zero attached hydrogens (tertiary/aromatic N) is 1. The van der Waals surface area contributed by atoms with Crippen molar-refractivity contribution in [3.63, 3.8) is 0 Å². The highest BCUT2D eigenvalue weighted by molar-refractivity contribution is 7.48. The second kappa shape index (κ2) is 17.6. The third-order valence-electron chi connectivity index (χ3n) is 9.10. The lowest BCUT2D eigenvalue weighted by Gasteiger charge is -2.35. The van der Waals surface area contributed by atoms with Gasteiger partial charge < -0.3 is 15.0 Å². The molecular weight excluding hydrogens is 677 g/mol. The third kappa shape index (κ3) is 10.8. The van der Waals surface area contributed by atoms with E-state index in [0.717, 1.165) is 55.0 Å². The van der Waals surface area contributed by atoms with Crippen LogP contribution in [0.1, 0.15) is 75.6 Å². The number of alkyl carbamates (subject to hydrolysis) is 1. The van der Waals surface area contributed by atoms with E-state index in [9.17, 15) is 22.9 Å². The van der Waals surface area contributed by atoms with Crippen molar-refractivity contribution < 1.29 is 41.2 Å². The van der Waals surface area contributed by atoms with Gasteiger partial charge in [-0.1, -0.05) is 107 Å². The molecule has 9 nitrogen and oxygen atoms in total. The maximum absolute atomic E-state index is 14.8.